The van der Waals surface area contributed by atoms with Crippen LogP contribution in [0.15, 0.2) is 24.3 Å². The molecule has 3 nitrogen and oxygen atoms in total. The van der Waals surface area contributed by atoms with Gasteiger partial charge < -0.3 is 10.4 Å². The number of carbonyl (C=O) groups is 1. The predicted molar refractivity (Wildman–Crippen MR) is 76.4 cm³/mol. The van der Waals surface area contributed by atoms with Gasteiger partial charge in [-0.05, 0) is 55.1 Å². The highest BCUT2D eigenvalue weighted by molar-refractivity contribution is 5.72. The summed E-state index contributed by atoms with van der Waals surface area (Å²) in [6.45, 7) is 0. The second-order valence-corrected chi connectivity index (χ2v) is 6.68. The van der Waals surface area contributed by atoms with Gasteiger partial charge in [0.25, 0.3) is 0 Å². The van der Waals surface area contributed by atoms with E-state index >= 15 is 0 Å². The Labute approximate surface area is 119 Å². The summed E-state index contributed by atoms with van der Waals surface area (Å²) in [5, 5.41) is 13.3. The first-order valence-corrected chi connectivity index (χ1v) is 7.80. The van der Waals surface area contributed by atoms with Gasteiger partial charge in [0.2, 0.25) is 0 Å². The third-order valence-electron chi connectivity index (χ3n) is 5.73. The van der Waals surface area contributed by atoms with Crippen LogP contribution in [-0.4, -0.2) is 17.1 Å². The summed E-state index contributed by atoms with van der Waals surface area (Å²) in [7, 11) is 0. The van der Waals surface area contributed by atoms with Gasteiger partial charge in [-0.1, -0.05) is 24.3 Å². The van der Waals surface area contributed by atoms with Gasteiger partial charge in [0, 0.05) is 12.1 Å². The predicted octanol–water partition coefficient (Wildman–Crippen LogP) is 2.76. The van der Waals surface area contributed by atoms with E-state index in [1.165, 1.54) is 17.5 Å². The topological polar surface area (TPSA) is 49.3 Å². The number of carboxylic acid groups (broad SMARTS) is 1. The van der Waals surface area contributed by atoms with Crippen LogP contribution in [0, 0.1) is 17.8 Å². The van der Waals surface area contributed by atoms with E-state index in [9.17, 15) is 9.90 Å². The summed E-state index contributed by atoms with van der Waals surface area (Å²) in [4.78, 5) is 11.6. The first-order valence-electron chi connectivity index (χ1n) is 7.80. The zero-order valence-corrected chi connectivity index (χ0v) is 11.6. The van der Waals surface area contributed by atoms with Gasteiger partial charge in [-0.3, -0.25) is 4.79 Å². The molecule has 3 aliphatic rings. The molecule has 2 bridgehead atoms. The third kappa shape index (κ3) is 1.80. The molecular weight excluding hydrogens is 250 g/mol. The number of hydrogen-bond donors (Lipinski definition) is 2. The van der Waals surface area contributed by atoms with Gasteiger partial charge in [-0.2, -0.15) is 0 Å². The van der Waals surface area contributed by atoms with Crippen LogP contribution in [0.5, 0.6) is 0 Å². The van der Waals surface area contributed by atoms with Crippen LogP contribution in [0.3, 0.4) is 0 Å². The Bertz CT molecular complexity index is 542. The van der Waals surface area contributed by atoms with Crippen LogP contribution < -0.4 is 5.32 Å². The molecule has 0 amide bonds. The molecule has 1 aromatic rings. The van der Waals surface area contributed by atoms with Crippen LogP contribution in [0.1, 0.15) is 42.9 Å². The number of rotatable bonds is 3. The Morgan fingerprint density at radius 1 is 1.15 bits per heavy atom. The van der Waals surface area contributed by atoms with E-state index in [1.807, 2.05) is 0 Å². The largest absolute Gasteiger partial charge is 0.481 e. The van der Waals surface area contributed by atoms with E-state index < -0.39 is 5.97 Å². The minimum Gasteiger partial charge on any atom is -0.481 e. The fraction of sp³-hybridized carbons (Fsp3) is 0.588. The molecule has 3 heteroatoms. The van der Waals surface area contributed by atoms with Gasteiger partial charge in [0.15, 0.2) is 0 Å². The van der Waals surface area contributed by atoms with Crippen LogP contribution >= 0.6 is 0 Å². The van der Waals surface area contributed by atoms with Gasteiger partial charge in [-0.15, -0.1) is 0 Å². The van der Waals surface area contributed by atoms with E-state index in [-0.39, 0.29) is 12.0 Å². The minimum absolute atomic E-state index is 0.165. The second-order valence-electron chi connectivity index (χ2n) is 6.68. The fourth-order valence-electron chi connectivity index (χ4n) is 4.85. The van der Waals surface area contributed by atoms with E-state index in [4.69, 9.17) is 0 Å². The van der Waals surface area contributed by atoms with Crippen molar-refractivity contribution in [1.82, 2.24) is 5.32 Å². The number of nitrogens with one attached hydrogen (secondary N) is 1. The maximum Gasteiger partial charge on any atom is 0.308 e. The number of aryl methyl sites for hydroxylation is 1. The second kappa shape index (κ2) is 4.59. The van der Waals surface area contributed by atoms with Crippen molar-refractivity contribution in [2.24, 2.45) is 17.8 Å². The van der Waals surface area contributed by atoms with Crippen LogP contribution in [0.25, 0.3) is 0 Å². The molecule has 0 aliphatic heterocycles. The molecule has 0 aromatic heterocycles. The molecular formula is C17H21NO2. The van der Waals surface area contributed by atoms with Crippen molar-refractivity contribution < 1.29 is 9.90 Å². The Morgan fingerprint density at radius 3 is 2.80 bits per heavy atom. The van der Waals surface area contributed by atoms with Gasteiger partial charge in [0.1, 0.15) is 0 Å². The highest BCUT2D eigenvalue weighted by atomic mass is 16.4. The van der Waals surface area contributed by atoms with E-state index in [1.54, 1.807) is 0 Å². The van der Waals surface area contributed by atoms with Crippen molar-refractivity contribution in [3.05, 3.63) is 35.4 Å². The van der Waals surface area contributed by atoms with E-state index in [0.717, 1.165) is 25.7 Å². The Hall–Kier alpha value is -1.35. The molecule has 5 atom stereocenters. The lowest BCUT2D eigenvalue weighted by atomic mass is 9.84. The van der Waals surface area contributed by atoms with Gasteiger partial charge in [0.05, 0.1) is 5.92 Å². The molecule has 0 radical (unpaired) electrons. The lowest BCUT2D eigenvalue weighted by molar-refractivity contribution is -0.144. The summed E-state index contributed by atoms with van der Waals surface area (Å²) in [6.07, 6.45) is 5.66. The van der Waals surface area contributed by atoms with Crippen molar-refractivity contribution in [3.63, 3.8) is 0 Å². The fourth-order valence-corrected chi connectivity index (χ4v) is 4.85. The maximum absolute atomic E-state index is 11.6. The quantitative estimate of drug-likeness (QED) is 0.888. The average molecular weight is 271 g/mol. The smallest absolute Gasteiger partial charge is 0.308 e. The normalized spacial score (nSPS) is 38.1. The Morgan fingerprint density at radius 2 is 1.95 bits per heavy atom. The lowest BCUT2D eigenvalue weighted by Crippen LogP contribution is -2.45. The third-order valence-corrected chi connectivity index (χ3v) is 5.73. The number of hydrogen-bond acceptors (Lipinski definition) is 2. The number of benzene rings is 1. The summed E-state index contributed by atoms with van der Waals surface area (Å²) in [6, 6.07) is 9.13. The average Bonchev–Trinajstić information content (AvgIpc) is 3.13. The molecule has 4 rings (SSSR count). The molecule has 5 unspecified atom stereocenters. The van der Waals surface area contributed by atoms with E-state index in [0.29, 0.717) is 17.9 Å². The zero-order chi connectivity index (χ0) is 13.7. The summed E-state index contributed by atoms with van der Waals surface area (Å²) in [5.41, 5.74) is 2.82. The standard InChI is InChI=1S/C17H21NO2/c19-17(20)15-11-5-6-12(9-11)16(15)18-14-8-7-10-3-1-2-4-13(10)14/h1-4,11-12,14-16,18H,5-9H2,(H,19,20). The van der Waals surface area contributed by atoms with Crippen molar-refractivity contribution >= 4 is 5.97 Å². The molecule has 0 spiro atoms. The first kappa shape index (κ1) is 12.4. The maximum atomic E-state index is 11.6. The lowest BCUT2D eigenvalue weighted by Gasteiger charge is -2.31. The number of carboxylic acids is 1. The van der Waals surface area contributed by atoms with Crippen LogP contribution in [0.2, 0.25) is 0 Å². The monoisotopic (exact) mass is 271 g/mol. The summed E-state index contributed by atoms with van der Waals surface area (Å²) >= 11 is 0. The molecule has 1 aromatic carbocycles. The molecule has 3 aliphatic carbocycles. The van der Waals surface area contributed by atoms with Crippen LogP contribution in [0.4, 0.5) is 0 Å². The molecule has 2 saturated carbocycles. The Kier molecular flexibility index (Phi) is 2.84. The first-order chi connectivity index (χ1) is 9.74. The SMILES string of the molecule is O=C(O)C1C2CCC(C2)C1NC1CCc2ccccc21. The molecule has 0 saturated heterocycles. The molecule has 0 heterocycles. The summed E-state index contributed by atoms with van der Waals surface area (Å²) in [5.74, 6) is 0.225. The van der Waals surface area contributed by atoms with Crippen molar-refractivity contribution in [1.29, 1.82) is 0 Å². The highest BCUT2D eigenvalue weighted by Crippen LogP contribution is 2.49. The molecule has 2 fully saturated rings. The van der Waals surface area contributed by atoms with Gasteiger partial charge >= 0.3 is 5.97 Å². The van der Waals surface area contributed by atoms with Crippen molar-refractivity contribution in [2.75, 3.05) is 0 Å². The summed E-state index contributed by atoms with van der Waals surface area (Å²) < 4.78 is 0. The van der Waals surface area contributed by atoms with Crippen molar-refractivity contribution in [2.45, 2.75) is 44.2 Å². The Balaban J connectivity index is 1.56. The highest BCUT2D eigenvalue weighted by Gasteiger charge is 2.51. The number of fused-ring (bicyclic) bond motifs is 3. The van der Waals surface area contributed by atoms with Crippen molar-refractivity contribution in [3.8, 4) is 0 Å². The molecule has 106 valence electrons. The van der Waals surface area contributed by atoms with Crippen LogP contribution in [-0.2, 0) is 11.2 Å². The molecule has 20 heavy (non-hydrogen) atoms. The zero-order valence-electron chi connectivity index (χ0n) is 11.6. The van der Waals surface area contributed by atoms with E-state index in [2.05, 4.69) is 29.6 Å². The minimum atomic E-state index is -0.596. The molecule has 2 N–H and O–H groups in total. The van der Waals surface area contributed by atoms with Gasteiger partial charge in [-0.25, -0.2) is 0 Å². The number of aliphatic carboxylic acids is 1.